The number of nitrogens with zero attached hydrogens (tertiary/aromatic N) is 2. The van der Waals surface area contributed by atoms with Crippen molar-refractivity contribution in [3.63, 3.8) is 0 Å². The fraction of sp³-hybridized carbons (Fsp3) is 0.474. The Hall–Kier alpha value is -4.44. The minimum atomic E-state index is -0.897. The molecule has 10 nitrogen and oxygen atoms in total. The highest BCUT2D eigenvalue weighted by molar-refractivity contribution is 5.93. The Balaban J connectivity index is 1.32. The van der Waals surface area contributed by atoms with E-state index < -0.39 is 28.9 Å². The summed E-state index contributed by atoms with van der Waals surface area (Å²) in [7, 11) is 0. The first-order chi connectivity index (χ1) is 22.7. The molecule has 0 saturated heterocycles. The number of hydrogen-bond acceptors (Lipinski definition) is 6. The van der Waals surface area contributed by atoms with Crippen LogP contribution in [0.4, 0.5) is 15.3 Å². The maximum atomic E-state index is 13.1. The molecule has 48 heavy (non-hydrogen) atoms. The van der Waals surface area contributed by atoms with Gasteiger partial charge in [-0.1, -0.05) is 54.6 Å². The van der Waals surface area contributed by atoms with Gasteiger partial charge in [0.25, 0.3) is 0 Å². The number of nitrogens with one attached hydrogen (secondary N) is 2. The summed E-state index contributed by atoms with van der Waals surface area (Å²) in [6.45, 7) is 9.54. The largest absolute Gasteiger partial charge is 0.465 e. The van der Waals surface area contributed by atoms with E-state index in [1.807, 2.05) is 88.4 Å². The third-order valence-corrected chi connectivity index (χ3v) is 9.39. The molecule has 2 aliphatic carbocycles. The second-order valence-corrected chi connectivity index (χ2v) is 14.6. The van der Waals surface area contributed by atoms with Crippen molar-refractivity contribution in [2.75, 3.05) is 11.9 Å². The van der Waals surface area contributed by atoms with E-state index in [0.717, 1.165) is 53.6 Å². The lowest BCUT2D eigenvalue weighted by Gasteiger charge is -2.52. The highest BCUT2D eigenvalue weighted by Gasteiger charge is 2.53. The summed E-state index contributed by atoms with van der Waals surface area (Å²) in [5.74, 6) is 0.127. The lowest BCUT2D eigenvalue weighted by molar-refractivity contribution is -0.117. The molecule has 2 aliphatic rings. The van der Waals surface area contributed by atoms with Crippen molar-refractivity contribution >= 4 is 23.8 Å². The van der Waals surface area contributed by atoms with Crippen LogP contribution in [0.2, 0.25) is 0 Å². The molecule has 2 fully saturated rings. The van der Waals surface area contributed by atoms with Gasteiger partial charge in [-0.15, -0.1) is 0 Å². The number of amides is 3. The highest BCUT2D eigenvalue weighted by Crippen LogP contribution is 2.49. The Kier molecular flexibility index (Phi) is 10.1. The van der Waals surface area contributed by atoms with Gasteiger partial charge in [0, 0.05) is 43.0 Å². The predicted molar refractivity (Wildman–Crippen MR) is 185 cm³/mol. The monoisotopic (exact) mass is 656 g/mol. The lowest BCUT2D eigenvalue weighted by atomic mass is 9.62. The molecule has 2 aromatic carbocycles. The number of alkyl carbamates (subject to hydrolysis) is 1. The van der Waals surface area contributed by atoms with E-state index in [2.05, 4.69) is 10.6 Å². The van der Waals surface area contributed by atoms with E-state index in [0.29, 0.717) is 31.5 Å². The van der Waals surface area contributed by atoms with Crippen LogP contribution in [0, 0.1) is 5.92 Å². The van der Waals surface area contributed by atoms with Crippen LogP contribution < -0.4 is 10.6 Å². The number of hydrogen-bond donors (Lipinski definition) is 4. The number of aromatic nitrogens is 1. The molecule has 1 aromatic heterocycles. The highest BCUT2D eigenvalue weighted by atomic mass is 16.6. The molecular formula is C38H48N4O6. The topological polar surface area (TPSA) is 141 Å². The maximum Gasteiger partial charge on any atom is 0.408 e. The van der Waals surface area contributed by atoms with Crippen LogP contribution in [-0.2, 0) is 15.1 Å². The number of rotatable bonds is 9. The first-order valence-corrected chi connectivity index (χ1v) is 16.9. The fourth-order valence-corrected chi connectivity index (χ4v) is 7.34. The summed E-state index contributed by atoms with van der Waals surface area (Å²) in [5.41, 5.74) is 2.61. The SMILES string of the molecule is CCN(C(=O)O)C1CCC(CC(=O)Nc2cnc(-c3ccc([C@]4(NC(=O)OC(C)(C)C)C[C@](C)(O)C4)cc3)c(-c3ccccc3)c2)CC1. The Bertz CT molecular complexity index is 1600. The zero-order valence-electron chi connectivity index (χ0n) is 28.6. The zero-order valence-corrected chi connectivity index (χ0v) is 28.6. The van der Waals surface area contributed by atoms with Crippen LogP contribution in [0.3, 0.4) is 0 Å². The molecule has 10 heteroatoms. The smallest absolute Gasteiger partial charge is 0.408 e. The molecule has 3 amide bonds. The van der Waals surface area contributed by atoms with Crippen molar-refractivity contribution in [2.45, 2.75) is 102 Å². The van der Waals surface area contributed by atoms with E-state index in [-0.39, 0.29) is 17.9 Å². The second-order valence-electron chi connectivity index (χ2n) is 14.6. The molecule has 3 aromatic rings. The minimum Gasteiger partial charge on any atom is -0.465 e. The molecule has 5 rings (SSSR count). The summed E-state index contributed by atoms with van der Waals surface area (Å²) in [4.78, 5) is 43.7. The summed E-state index contributed by atoms with van der Waals surface area (Å²) in [6, 6.07) is 19.7. The second kappa shape index (κ2) is 14.0. The number of carbonyl (C=O) groups excluding carboxylic acids is 2. The van der Waals surface area contributed by atoms with Gasteiger partial charge >= 0.3 is 12.2 Å². The molecule has 0 atom stereocenters. The van der Waals surface area contributed by atoms with Crippen molar-refractivity contribution in [3.8, 4) is 22.4 Å². The molecule has 0 aliphatic heterocycles. The van der Waals surface area contributed by atoms with E-state index in [4.69, 9.17) is 9.72 Å². The Morgan fingerprint density at radius 3 is 2.19 bits per heavy atom. The van der Waals surface area contributed by atoms with Gasteiger partial charge in [0.2, 0.25) is 5.91 Å². The van der Waals surface area contributed by atoms with Gasteiger partial charge in [-0.2, -0.15) is 0 Å². The number of aliphatic hydroxyl groups is 1. The Morgan fingerprint density at radius 2 is 1.62 bits per heavy atom. The van der Waals surface area contributed by atoms with Crippen molar-refractivity contribution in [1.82, 2.24) is 15.2 Å². The first-order valence-electron chi connectivity index (χ1n) is 16.9. The number of carboxylic acid groups (broad SMARTS) is 1. The van der Waals surface area contributed by atoms with Gasteiger partial charge < -0.3 is 30.5 Å². The average molecular weight is 657 g/mol. The van der Waals surface area contributed by atoms with Gasteiger partial charge in [-0.05, 0) is 83.4 Å². The van der Waals surface area contributed by atoms with Gasteiger partial charge in [-0.25, -0.2) is 9.59 Å². The summed E-state index contributed by atoms with van der Waals surface area (Å²) >= 11 is 0. The Labute approximate surface area is 282 Å². The summed E-state index contributed by atoms with van der Waals surface area (Å²) in [5, 5.41) is 26.2. The third kappa shape index (κ3) is 8.34. The third-order valence-electron chi connectivity index (χ3n) is 9.39. The normalized spacial score (nSPS) is 23.8. The van der Waals surface area contributed by atoms with Gasteiger partial charge in [0.1, 0.15) is 5.60 Å². The molecule has 0 bridgehead atoms. The first kappa shape index (κ1) is 34.9. The van der Waals surface area contributed by atoms with E-state index in [1.165, 1.54) is 4.90 Å². The van der Waals surface area contributed by atoms with Gasteiger partial charge in [0.05, 0.1) is 28.7 Å². The minimum absolute atomic E-state index is 0.0152. The van der Waals surface area contributed by atoms with Gasteiger partial charge in [-0.3, -0.25) is 9.78 Å². The van der Waals surface area contributed by atoms with Crippen LogP contribution in [0.1, 0.15) is 85.1 Å². The predicted octanol–water partition coefficient (Wildman–Crippen LogP) is 7.57. The molecular weight excluding hydrogens is 608 g/mol. The quantitative estimate of drug-likeness (QED) is 0.186. The van der Waals surface area contributed by atoms with Crippen molar-refractivity contribution in [3.05, 3.63) is 72.4 Å². The number of carbonyl (C=O) groups is 3. The van der Waals surface area contributed by atoms with E-state index in [1.54, 1.807) is 13.1 Å². The van der Waals surface area contributed by atoms with E-state index >= 15 is 0 Å². The molecule has 0 spiro atoms. The average Bonchev–Trinajstić information content (AvgIpc) is 3.00. The lowest BCUT2D eigenvalue weighted by Crippen LogP contribution is -2.62. The molecule has 4 N–H and O–H groups in total. The standard InChI is InChI=1S/C38H48N4O6/c1-6-42(35(45)46)30-18-12-25(13-19-30)20-32(43)40-29-21-31(26-10-8-7-9-11-26)33(39-22-29)27-14-16-28(17-15-27)38(23-37(5,47)24-38)41-34(44)48-36(2,3)4/h7-11,14-17,21-22,25,30,47H,6,12-13,18-20,23-24H2,1-5H3,(H,40,43)(H,41,44)(H,45,46)/t25?,30?,37-,38-. The van der Waals surface area contributed by atoms with Crippen LogP contribution in [0.25, 0.3) is 22.4 Å². The van der Waals surface area contributed by atoms with E-state index in [9.17, 15) is 24.6 Å². The van der Waals surface area contributed by atoms with Crippen molar-refractivity contribution < 1.29 is 29.3 Å². The molecule has 256 valence electrons. The van der Waals surface area contributed by atoms with Gasteiger partial charge in [0.15, 0.2) is 0 Å². The Morgan fingerprint density at radius 1 is 0.979 bits per heavy atom. The van der Waals surface area contributed by atoms with Crippen LogP contribution in [-0.4, -0.2) is 62.0 Å². The van der Waals surface area contributed by atoms with Crippen LogP contribution in [0.5, 0.6) is 0 Å². The van der Waals surface area contributed by atoms with Crippen LogP contribution in [0.15, 0.2) is 66.9 Å². The summed E-state index contributed by atoms with van der Waals surface area (Å²) < 4.78 is 5.53. The fourth-order valence-electron chi connectivity index (χ4n) is 7.34. The zero-order chi connectivity index (χ0) is 34.7. The van der Waals surface area contributed by atoms with Crippen molar-refractivity contribution in [1.29, 1.82) is 0 Å². The maximum absolute atomic E-state index is 13.1. The summed E-state index contributed by atoms with van der Waals surface area (Å²) in [6.07, 6.45) is 4.53. The number of anilines is 1. The van der Waals surface area contributed by atoms with Crippen molar-refractivity contribution in [2.24, 2.45) is 5.92 Å². The molecule has 2 saturated carbocycles. The number of benzene rings is 2. The van der Waals surface area contributed by atoms with Crippen LogP contribution >= 0.6 is 0 Å². The molecule has 0 radical (unpaired) electrons. The molecule has 1 heterocycles. The number of ether oxygens (including phenoxy) is 1. The molecule has 0 unspecified atom stereocenters. The number of pyridine rings is 1.